The zero-order valence-corrected chi connectivity index (χ0v) is 9.54. The molecule has 0 aliphatic heterocycles. The van der Waals surface area contributed by atoms with Crippen LogP contribution < -0.4 is 0 Å². The summed E-state index contributed by atoms with van der Waals surface area (Å²) >= 11 is 3.02. The van der Waals surface area contributed by atoms with Gasteiger partial charge in [-0.25, -0.2) is 0 Å². The Kier molecular flexibility index (Phi) is 3.87. The van der Waals surface area contributed by atoms with E-state index in [4.69, 9.17) is 0 Å². The topological polar surface area (TPSA) is 42.9 Å². The molecule has 0 N–H and O–H groups in total. The van der Waals surface area contributed by atoms with Crippen molar-refractivity contribution in [3.8, 4) is 0 Å². The minimum Gasteiger partial charge on any atom is -0.298 e. The van der Waals surface area contributed by atoms with Gasteiger partial charge in [0.1, 0.15) is 10.8 Å². The molecule has 0 bridgehead atoms. The Labute approximate surface area is 86.0 Å². The van der Waals surface area contributed by atoms with E-state index in [0.717, 1.165) is 9.35 Å². The average molecular weight is 216 g/mol. The molecule has 13 heavy (non-hydrogen) atoms. The quantitative estimate of drug-likeness (QED) is 0.724. The summed E-state index contributed by atoms with van der Waals surface area (Å²) in [6.07, 6.45) is 0.589. The first-order valence-electron chi connectivity index (χ1n) is 4.13. The predicted octanol–water partition coefficient (Wildman–Crippen LogP) is 2.31. The molecule has 1 aromatic heterocycles. The zero-order valence-electron chi connectivity index (χ0n) is 7.90. The molecular weight excluding hydrogens is 204 g/mol. The van der Waals surface area contributed by atoms with Gasteiger partial charge in [0, 0.05) is 6.42 Å². The molecule has 72 valence electrons. The minimum absolute atomic E-state index is 0.00245. The first-order valence-corrected chi connectivity index (χ1v) is 5.82. The molecule has 0 aliphatic rings. The van der Waals surface area contributed by atoms with Gasteiger partial charge in [0.05, 0.1) is 5.25 Å². The molecule has 0 amide bonds. The molecule has 0 radical (unpaired) electrons. The molecule has 1 aromatic rings. The van der Waals surface area contributed by atoms with E-state index in [1.54, 1.807) is 0 Å². The molecule has 3 nitrogen and oxygen atoms in total. The molecule has 1 rings (SSSR count). The number of hydrogen-bond acceptors (Lipinski definition) is 5. The highest BCUT2D eigenvalue weighted by Gasteiger charge is 2.14. The summed E-state index contributed by atoms with van der Waals surface area (Å²) < 4.78 is 0.881. The van der Waals surface area contributed by atoms with E-state index in [0.29, 0.717) is 6.42 Å². The van der Waals surface area contributed by atoms with Crippen molar-refractivity contribution in [1.29, 1.82) is 0 Å². The van der Waals surface area contributed by atoms with Gasteiger partial charge in [0.15, 0.2) is 4.34 Å². The number of nitrogens with zero attached hydrogens (tertiary/aromatic N) is 2. The van der Waals surface area contributed by atoms with Gasteiger partial charge in [-0.3, -0.25) is 4.79 Å². The van der Waals surface area contributed by atoms with Gasteiger partial charge in [-0.1, -0.05) is 30.0 Å². The van der Waals surface area contributed by atoms with E-state index in [1.165, 1.54) is 23.1 Å². The molecule has 1 atom stereocenters. The number of Topliss-reactive ketones (excluding diaryl/α,β-unsaturated/α-hetero) is 1. The lowest BCUT2D eigenvalue weighted by Gasteiger charge is -2.04. The summed E-state index contributed by atoms with van der Waals surface area (Å²) in [5.74, 6) is 0.262. The minimum atomic E-state index is -0.00245. The third kappa shape index (κ3) is 3.08. The fourth-order valence-electron chi connectivity index (χ4n) is 0.830. The van der Waals surface area contributed by atoms with Gasteiger partial charge in [0.2, 0.25) is 0 Å². The second-order valence-electron chi connectivity index (χ2n) is 2.67. The Morgan fingerprint density at radius 3 is 2.77 bits per heavy atom. The van der Waals surface area contributed by atoms with Gasteiger partial charge >= 0.3 is 0 Å². The van der Waals surface area contributed by atoms with Crippen LogP contribution in [-0.4, -0.2) is 21.2 Å². The highest BCUT2D eigenvalue weighted by Crippen LogP contribution is 2.26. The fourth-order valence-corrected chi connectivity index (χ4v) is 2.92. The van der Waals surface area contributed by atoms with Crippen LogP contribution in [0, 0.1) is 6.92 Å². The molecule has 1 heterocycles. The highest BCUT2D eigenvalue weighted by molar-refractivity contribution is 8.02. The van der Waals surface area contributed by atoms with Crippen molar-refractivity contribution in [3.63, 3.8) is 0 Å². The van der Waals surface area contributed by atoms with E-state index in [9.17, 15) is 4.79 Å². The molecule has 0 fully saturated rings. The Morgan fingerprint density at radius 2 is 2.31 bits per heavy atom. The van der Waals surface area contributed by atoms with Gasteiger partial charge in [-0.2, -0.15) is 0 Å². The monoisotopic (exact) mass is 216 g/mol. The second-order valence-corrected chi connectivity index (χ2v) is 5.44. The van der Waals surface area contributed by atoms with Crippen LogP contribution in [0.3, 0.4) is 0 Å². The standard InChI is InChI=1S/C8H12N2OS2/c1-4-7(11)5(2)12-8-10-9-6(3)13-8/h5H,4H2,1-3H3. The van der Waals surface area contributed by atoms with Crippen LogP contribution in [0.2, 0.25) is 0 Å². The van der Waals surface area contributed by atoms with Crippen molar-refractivity contribution in [3.05, 3.63) is 5.01 Å². The van der Waals surface area contributed by atoms with Crippen molar-refractivity contribution >= 4 is 28.9 Å². The molecule has 1 unspecified atom stereocenters. The van der Waals surface area contributed by atoms with E-state index in [-0.39, 0.29) is 11.0 Å². The number of aryl methyl sites for hydroxylation is 1. The van der Waals surface area contributed by atoms with Gasteiger partial charge < -0.3 is 0 Å². The largest absolute Gasteiger partial charge is 0.298 e. The number of rotatable bonds is 4. The van der Waals surface area contributed by atoms with Crippen LogP contribution in [0.25, 0.3) is 0 Å². The highest BCUT2D eigenvalue weighted by atomic mass is 32.2. The molecule has 0 aromatic carbocycles. The Bertz CT molecular complexity index is 298. The van der Waals surface area contributed by atoms with E-state index < -0.39 is 0 Å². The van der Waals surface area contributed by atoms with Crippen LogP contribution in [-0.2, 0) is 4.79 Å². The maximum absolute atomic E-state index is 11.3. The molecular formula is C8H12N2OS2. The first kappa shape index (κ1) is 10.7. The predicted molar refractivity (Wildman–Crippen MR) is 55.3 cm³/mol. The van der Waals surface area contributed by atoms with Gasteiger partial charge in [-0.15, -0.1) is 10.2 Å². The van der Waals surface area contributed by atoms with Gasteiger partial charge in [-0.05, 0) is 13.8 Å². The fraction of sp³-hybridized carbons (Fsp3) is 0.625. The van der Waals surface area contributed by atoms with Gasteiger partial charge in [0.25, 0.3) is 0 Å². The number of ketones is 1. The van der Waals surface area contributed by atoms with Crippen molar-refractivity contribution < 1.29 is 4.79 Å². The number of carbonyl (C=O) groups is 1. The summed E-state index contributed by atoms with van der Waals surface area (Å²) in [4.78, 5) is 11.3. The lowest BCUT2D eigenvalue weighted by atomic mass is 10.2. The van der Waals surface area contributed by atoms with Crippen molar-refractivity contribution in [2.75, 3.05) is 0 Å². The molecule has 5 heteroatoms. The number of thioether (sulfide) groups is 1. The third-order valence-electron chi connectivity index (χ3n) is 1.59. The van der Waals surface area contributed by atoms with Crippen LogP contribution >= 0.6 is 23.1 Å². The summed E-state index contributed by atoms with van der Waals surface area (Å²) in [5.41, 5.74) is 0. The van der Waals surface area contributed by atoms with Crippen LogP contribution in [0.1, 0.15) is 25.3 Å². The van der Waals surface area contributed by atoms with Crippen LogP contribution in [0.15, 0.2) is 4.34 Å². The summed E-state index contributed by atoms with van der Waals surface area (Å²) in [7, 11) is 0. The zero-order chi connectivity index (χ0) is 9.84. The van der Waals surface area contributed by atoms with E-state index in [1.807, 2.05) is 20.8 Å². The van der Waals surface area contributed by atoms with Crippen LogP contribution in [0.5, 0.6) is 0 Å². The van der Waals surface area contributed by atoms with Crippen molar-refractivity contribution in [1.82, 2.24) is 10.2 Å². The first-order chi connectivity index (χ1) is 6.13. The average Bonchev–Trinajstić information content (AvgIpc) is 2.49. The number of carbonyl (C=O) groups excluding carboxylic acids is 1. The van der Waals surface area contributed by atoms with E-state index >= 15 is 0 Å². The van der Waals surface area contributed by atoms with Crippen LogP contribution in [0.4, 0.5) is 0 Å². The number of aromatic nitrogens is 2. The Morgan fingerprint density at radius 1 is 1.62 bits per heavy atom. The molecule has 0 aliphatic carbocycles. The lowest BCUT2D eigenvalue weighted by molar-refractivity contribution is -0.117. The maximum atomic E-state index is 11.3. The summed E-state index contributed by atoms with van der Waals surface area (Å²) in [6.45, 7) is 5.70. The maximum Gasteiger partial charge on any atom is 0.174 e. The Hall–Kier alpha value is -0.420. The molecule has 0 spiro atoms. The summed E-state index contributed by atoms with van der Waals surface area (Å²) in [5, 5.41) is 8.78. The second kappa shape index (κ2) is 4.72. The van der Waals surface area contributed by atoms with Crippen molar-refractivity contribution in [2.24, 2.45) is 0 Å². The van der Waals surface area contributed by atoms with E-state index in [2.05, 4.69) is 10.2 Å². The lowest BCUT2D eigenvalue weighted by Crippen LogP contribution is -2.10. The molecule has 0 saturated carbocycles. The summed E-state index contributed by atoms with van der Waals surface area (Å²) in [6, 6.07) is 0. The van der Waals surface area contributed by atoms with Crippen molar-refractivity contribution in [2.45, 2.75) is 36.8 Å². The third-order valence-corrected chi connectivity index (χ3v) is 3.66. The smallest absolute Gasteiger partial charge is 0.174 e. The normalized spacial score (nSPS) is 12.8. The number of hydrogen-bond donors (Lipinski definition) is 0. The SMILES string of the molecule is CCC(=O)C(C)Sc1nnc(C)s1. The Balaban J connectivity index is 2.54. The molecule has 0 saturated heterocycles.